The molecule has 2 aromatic rings. The number of carbonyl (C=O) groups excluding carboxylic acids is 1. The van der Waals surface area contributed by atoms with Crippen LogP contribution < -0.4 is 4.74 Å². The van der Waals surface area contributed by atoms with Gasteiger partial charge < -0.3 is 13.9 Å². The Hall–Kier alpha value is -2.34. The van der Waals surface area contributed by atoms with E-state index in [9.17, 15) is 9.18 Å². The van der Waals surface area contributed by atoms with Gasteiger partial charge in [-0.15, -0.1) is 0 Å². The fraction of sp³-hybridized carbons (Fsp3) is 0.353. The van der Waals surface area contributed by atoms with Gasteiger partial charge in [0.25, 0.3) is 0 Å². The number of ether oxygens (including phenoxy) is 2. The number of aryl methyl sites for hydroxylation is 1. The van der Waals surface area contributed by atoms with E-state index in [0.29, 0.717) is 42.5 Å². The van der Waals surface area contributed by atoms with Crippen LogP contribution in [-0.2, 0) is 11.3 Å². The van der Waals surface area contributed by atoms with Crippen LogP contribution in [0.2, 0.25) is 0 Å². The molecule has 5 nitrogen and oxygen atoms in total. The van der Waals surface area contributed by atoms with E-state index < -0.39 is 5.97 Å². The first kappa shape index (κ1) is 17.0. The highest BCUT2D eigenvalue weighted by atomic mass is 19.1. The van der Waals surface area contributed by atoms with Crippen LogP contribution in [0.25, 0.3) is 0 Å². The Morgan fingerprint density at radius 3 is 2.65 bits per heavy atom. The van der Waals surface area contributed by atoms with Gasteiger partial charge in [-0.1, -0.05) is 0 Å². The van der Waals surface area contributed by atoms with E-state index in [1.807, 2.05) is 11.9 Å². The van der Waals surface area contributed by atoms with Gasteiger partial charge in [-0.3, -0.25) is 4.90 Å². The minimum absolute atomic E-state index is 0.288. The first-order valence-corrected chi connectivity index (χ1v) is 7.24. The smallest absolute Gasteiger partial charge is 0.341 e. The highest BCUT2D eigenvalue weighted by Gasteiger charge is 2.16. The fourth-order valence-corrected chi connectivity index (χ4v) is 2.13. The van der Waals surface area contributed by atoms with Gasteiger partial charge in [0.15, 0.2) is 0 Å². The summed E-state index contributed by atoms with van der Waals surface area (Å²) in [4.78, 5) is 13.5. The molecule has 0 aliphatic rings. The second-order valence-corrected chi connectivity index (χ2v) is 5.21. The van der Waals surface area contributed by atoms with E-state index in [-0.39, 0.29) is 5.82 Å². The Bertz CT molecular complexity index is 651. The second-order valence-electron chi connectivity index (χ2n) is 5.21. The monoisotopic (exact) mass is 321 g/mol. The maximum Gasteiger partial charge on any atom is 0.341 e. The van der Waals surface area contributed by atoms with E-state index in [4.69, 9.17) is 13.9 Å². The molecule has 6 heteroatoms. The third-order valence-electron chi connectivity index (χ3n) is 3.36. The van der Waals surface area contributed by atoms with E-state index >= 15 is 0 Å². The zero-order valence-electron chi connectivity index (χ0n) is 13.5. The van der Waals surface area contributed by atoms with Crippen LogP contribution in [0.1, 0.15) is 21.9 Å². The molecule has 0 fully saturated rings. The normalized spacial score (nSPS) is 10.8. The van der Waals surface area contributed by atoms with Crippen molar-refractivity contribution in [2.45, 2.75) is 13.5 Å². The molecule has 0 spiro atoms. The SMILES string of the molecule is COC(=O)c1cc(CN(C)CCOc2ccc(F)cc2)oc1C. The van der Waals surface area contributed by atoms with Crippen molar-refractivity contribution in [1.82, 2.24) is 4.90 Å². The van der Waals surface area contributed by atoms with Gasteiger partial charge in [0.05, 0.1) is 13.7 Å². The summed E-state index contributed by atoms with van der Waals surface area (Å²) in [5.74, 6) is 1.17. The third kappa shape index (κ3) is 4.82. The summed E-state index contributed by atoms with van der Waals surface area (Å²) in [5, 5.41) is 0. The Labute approximate surface area is 134 Å². The van der Waals surface area contributed by atoms with E-state index in [2.05, 4.69) is 0 Å². The molecule has 0 radical (unpaired) electrons. The quantitative estimate of drug-likeness (QED) is 0.734. The van der Waals surface area contributed by atoms with Gasteiger partial charge in [-0.05, 0) is 44.3 Å². The number of methoxy groups -OCH3 is 1. The molecule has 1 aromatic carbocycles. The number of hydrogen-bond acceptors (Lipinski definition) is 5. The van der Waals surface area contributed by atoms with E-state index in [1.165, 1.54) is 19.2 Å². The maximum atomic E-state index is 12.8. The van der Waals surface area contributed by atoms with Gasteiger partial charge in [-0.2, -0.15) is 0 Å². The fourth-order valence-electron chi connectivity index (χ4n) is 2.13. The van der Waals surface area contributed by atoms with Crippen molar-refractivity contribution in [3.63, 3.8) is 0 Å². The molecule has 1 aromatic heterocycles. The number of likely N-dealkylation sites (N-methyl/N-ethyl adjacent to an activating group) is 1. The lowest BCUT2D eigenvalue weighted by Gasteiger charge is -2.15. The minimum Gasteiger partial charge on any atom is -0.492 e. The van der Waals surface area contributed by atoms with Gasteiger partial charge in [0.2, 0.25) is 0 Å². The molecule has 2 rings (SSSR count). The number of benzene rings is 1. The van der Waals surface area contributed by atoms with Crippen molar-refractivity contribution in [3.8, 4) is 5.75 Å². The van der Waals surface area contributed by atoms with Crippen LogP contribution >= 0.6 is 0 Å². The van der Waals surface area contributed by atoms with Crippen molar-refractivity contribution in [2.24, 2.45) is 0 Å². The lowest BCUT2D eigenvalue weighted by atomic mass is 10.2. The molecule has 0 bridgehead atoms. The van der Waals surface area contributed by atoms with Crippen molar-refractivity contribution in [3.05, 3.63) is 53.2 Å². The Morgan fingerprint density at radius 1 is 1.30 bits per heavy atom. The van der Waals surface area contributed by atoms with Gasteiger partial charge >= 0.3 is 5.97 Å². The number of carbonyl (C=O) groups is 1. The largest absolute Gasteiger partial charge is 0.492 e. The van der Waals surface area contributed by atoms with Crippen molar-refractivity contribution in [1.29, 1.82) is 0 Å². The van der Waals surface area contributed by atoms with E-state index in [1.54, 1.807) is 25.1 Å². The van der Waals surface area contributed by atoms with Crippen molar-refractivity contribution >= 4 is 5.97 Å². The Balaban J connectivity index is 1.81. The van der Waals surface area contributed by atoms with Crippen LogP contribution in [0, 0.1) is 12.7 Å². The van der Waals surface area contributed by atoms with Crippen molar-refractivity contribution in [2.75, 3.05) is 27.3 Å². The lowest BCUT2D eigenvalue weighted by molar-refractivity contribution is 0.0599. The zero-order valence-corrected chi connectivity index (χ0v) is 13.5. The molecule has 0 atom stereocenters. The third-order valence-corrected chi connectivity index (χ3v) is 3.36. The molecule has 0 saturated carbocycles. The molecule has 0 unspecified atom stereocenters. The molecule has 124 valence electrons. The number of hydrogen-bond donors (Lipinski definition) is 0. The second kappa shape index (κ2) is 7.78. The zero-order chi connectivity index (χ0) is 16.8. The summed E-state index contributed by atoms with van der Waals surface area (Å²) in [5.41, 5.74) is 0.443. The highest BCUT2D eigenvalue weighted by molar-refractivity contribution is 5.90. The first-order chi connectivity index (χ1) is 11.0. The Morgan fingerprint density at radius 2 is 2.00 bits per heavy atom. The highest BCUT2D eigenvalue weighted by Crippen LogP contribution is 2.17. The molecule has 23 heavy (non-hydrogen) atoms. The molecule has 0 aliphatic carbocycles. The van der Waals surface area contributed by atoms with Crippen LogP contribution in [0.3, 0.4) is 0 Å². The van der Waals surface area contributed by atoms with Gasteiger partial charge in [-0.25, -0.2) is 9.18 Å². The minimum atomic E-state index is -0.403. The molecular weight excluding hydrogens is 301 g/mol. The molecule has 0 amide bonds. The van der Waals surface area contributed by atoms with Crippen molar-refractivity contribution < 1.29 is 23.1 Å². The topological polar surface area (TPSA) is 51.9 Å². The van der Waals surface area contributed by atoms with Crippen LogP contribution in [-0.4, -0.2) is 38.2 Å². The average Bonchev–Trinajstić information content (AvgIpc) is 2.89. The summed E-state index contributed by atoms with van der Waals surface area (Å²) in [7, 11) is 3.26. The standard InChI is InChI=1S/C17H20FNO4/c1-12-16(17(20)21-3)10-15(23-12)11-19(2)8-9-22-14-6-4-13(18)5-7-14/h4-7,10H,8-9,11H2,1-3H3. The van der Waals surface area contributed by atoms with Crippen LogP contribution in [0.4, 0.5) is 4.39 Å². The molecule has 1 heterocycles. The Kier molecular flexibility index (Phi) is 5.76. The number of nitrogens with zero attached hydrogens (tertiary/aromatic N) is 1. The molecule has 0 saturated heterocycles. The van der Waals surface area contributed by atoms with Gasteiger partial charge in [0, 0.05) is 6.54 Å². The summed E-state index contributed by atoms with van der Waals surface area (Å²) in [6.07, 6.45) is 0. The maximum absolute atomic E-state index is 12.8. The summed E-state index contributed by atoms with van der Waals surface area (Å²) < 4.78 is 28.6. The van der Waals surface area contributed by atoms with Crippen LogP contribution in [0.5, 0.6) is 5.75 Å². The van der Waals surface area contributed by atoms with Gasteiger partial charge in [0.1, 0.15) is 35.3 Å². The average molecular weight is 321 g/mol. The number of esters is 1. The number of furan rings is 1. The predicted molar refractivity (Wildman–Crippen MR) is 83.0 cm³/mol. The lowest BCUT2D eigenvalue weighted by Crippen LogP contribution is -2.23. The first-order valence-electron chi connectivity index (χ1n) is 7.24. The summed E-state index contributed by atoms with van der Waals surface area (Å²) in [6.45, 7) is 3.40. The molecule has 0 N–H and O–H groups in total. The number of rotatable bonds is 7. The molecule has 0 aliphatic heterocycles. The van der Waals surface area contributed by atoms with E-state index in [0.717, 1.165) is 0 Å². The predicted octanol–water partition coefficient (Wildman–Crippen LogP) is 3.02. The van der Waals surface area contributed by atoms with Crippen LogP contribution in [0.15, 0.2) is 34.7 Å². The summed E-state index contributed by atoms with van der Waals surface area (Å²) >= 11 is 0. The number of halogens is 1. The molecular formula is C17H20FNO4. The summed E-state index contributed by atoms with van der Waals surface area (Å²) in [6, 6.07) is 7.60.